The van der Waals surface area contributed by atoms with E-state index in [2.05, 4.69) is 19.8 Å². The minimum atomic E-state index is -4.23. The van der Waals surface area contributed by atoms with E-state index in [0.717, 1.165) is 18.6 Å². The minimum Gasteiger partial charge on any atom is -0.872 e. The first-order valence-electron chi connectivity index (χ1n) is 11.4. The highest BCUT2D eigenvalue weighted by Gasteiger charge is 2.21. The van der Waals surface area contributed by atoms with Crippen molar-refractivity contribution in [3.05, 3.63) is 58.0 Å². The number of carboxylic acids is 1. The molecule has 0 saturated heterocycles. The van der Waals surface area contributed by atoms with Crippen molar-refractivity contribution in [3.8, 4) is 22.9 Å². The lowest BCUT2D eigenvalue weighted by Crippen LogP contribution is -2.15. The second-order valence-electron chi connectivity index (χ2n) is 8.14. The van der Waals surface area contributed by atoms with E-state index in [4.69, 9.17) is 9.84 Å². The molecule has 0 aliphatic carbocycles. The lowest BCUT2D eigenvalue weighted by atomic mass is 10.1. The third-order valence-electron chi connectivity index (χ3n) is 5.53. The number of ether oxygens (including phenoxy) is 1. The molecule has 194 valence electrons. The first-order chi connectivity index (χ1) is 17.6. The van der Waals surface area contributed by atoms with Gasteiger partial charge in [-0.15, -0.1) is 0 Å². The summed E-state index contributed by atoms with van der Waals surface area (Å²) in [7, 11) is -2.58. The zero-order chi connectivity index (χ0) is 26.9. The Balaban J connectivity index is 1.83. The van der Waals surface area contributed by atoms with Gasteiger partial charge in [-0.25, -0.2) is 18.2 Å². The van der Waals surface area contributed by atoms with Crippen molar-refractivity contribution in [1.29, 1.82) is 0 Å². The standard InChI is InChI=1S/C24H25N5O7S/c1-4-6-17-20-21(29(3)27-17)23(31)26-22(25-20)16-12-14(8-10-19(16)36-5-2)37(34,35)28-13-7-9-18(30)15(11-13)24(32)33/h7-12,28,30H,4-6H2,1-3H3,(H,32,33)(H,25,26,31)/p-1. The lowest BCUT2D eigenvalue weighted by Gasteiger charge is -2.15. The van der Waals surface area contributed by atoms with Crippen LogP contribution in [0.1, 0.15) is 36.3 Å². The van der Waals surface area contributed by atoms with Crippen LogP contribution in [0.15, 0.2) is 46.1 Å². The molecule has 0 atom stereocenters. The zero-order valence-electron chi connectivity index (χ0n) is 20.2. The van der Waals surface area contributed by atoms with Crippen LogP contribution < -0.4 is 20.1 Å². The van der Waals surface area contributed by atoms with Gasteiger partial charge >= 0.3 is 5.97 Å². The summed E-state index contributed by atoms with van der Waals surface area (Å²) in [6.45, 7) is 4.01. The van der Waals surface area contributed by atoms with Crippen molar-refractivity contribution >= 4 is 32.7 Å². The Morgan fingerprint density at radius 1 is 1.22 bits per heavy atom. The molecule has 0 bridgehead atoms. The molecule has 37 heavy (non-hydrogen) atoms. The fourth-order valence-electron chi connectivity index (χ4n) is 3.90. The van der Waals surface area contributed by atoms with Gasteiger partial charge in [-0.3, -0.25) is 14.2 Å². The Morgan fingerprint density at radius 3 is 2.65 bits per heavy atom. The smallest absolute Gasteiger partial charge is 0.335 e. The minimum absolute atomic E-state index is 0.0973. The number of anilines is 1. The molecule has 0 aliphatic rings. The van der Waals surface area contributed by atoms with Crippen LogP contribution in [-0.4, -0.2) is 45.8 Å². The molecule has 3 N–H and O–H groups in total. The Hall–Kier alpha value is -4.39. The summed E-state index contributed by atoms with van der Waals surface area (Å²) in [5.41, 5.74) is 0.484. The van der Waals surface area contributed by atoms with Gasteiger partial charge < -0.3 is 19.9 Å². The average molecular weight is 527 g/mol. The molecule has 4 rings (SSSR count). The van der Waals surface area contributed by atoms with Crippen LogP contribution >= 0.6 is 0 Å². The van der Waals surface area contributed by atoms with Gasteiger partial charge in [-0.05, 0) is 43.7 Å². The summed E-state index contributed by atoms with van der Waals surface area (Å²) in [4.78, 5) is 31.3. The van der Waals surface area contributed by atoms with Crippen molar-refractivity contribution in [1.82, 2.24) is 19.7 Å². The van der Waals surface area contributed by atoms with E-state index >= 15 is 0 Å². The van der Waals surface area contributed by atoms with Gasteiger partial charge in [0.1, 0.15) is 17.1 Å². The Labute approximate surface area is 211 Å². The SMILES string of the molecule is CCCc1nn(C)c2c(=O)[nH]c(-c3cc(S(=O)(=O)Nc4ccc([O-])c(C(=O)O)c4)ccc3OCC)nc12. The van der Waals surface area contributed by atoms with Crippen molar-refractivity contribution < 1.29 is 28.2 Å². The summed E-state index contributed by atoms with van der Waals surface area (Å²) in [6.07, 6.45) is 1.39. The molecular weight excluding hydrogens is 502 g/mol. The van der Waals surface area contributed by atoms with E-state index < -0.39 is 32.9 Å². The Bertz CT molecular complexity index is 1680. The molecule has 2 aromatic heterocycles. The number of H-pyrrole nitrogens is 1. The summed E-state index contributed by atoms with van der Waals surface area (Å²) in [5.74, 6) is -1.82. The average Bonchev–Trinajstić information content (AvgIpc) is 3.16. The van der Waals surface area contributed by atoms with Crippen molar-refractivity contribution in [2.24, 2.45) is 7.05 Å². The predicted molar refractivity (Wildman–Crippen MR) is 133 cm³/mol. The summed E-state index contributed by atoms with van der Waals surface area (Å²) < 4.78 is 35.7. The fraction of sp³-hybridized carbons (Fsp3) is 0.250. The van der Waals surface area contributed by atoms with Gasteiger partial charge in [-0.2, -0.15) is 5.10 Å². The largest absolute Gasteiger partial charge is 0.872 e. The Morgan fingerprint density at radius 2 is 1.97 bits per heavy atom. The number of aromatic amines is 1. The van der Waals surface area contributed by atoms with E-state index in [1.165, 1.54) is 28.9 Å². The molecule has 4 aromatic rings. The van der Waals surface area contributed by atoms with E-state index in [-0.39, 0.29) is 28.6 Å². The van der Waals surface area contributed by atoms with Gasteiger partial charge in [-0.1, -0.05) is 25.2 Å². The third-order valence-corrected chi connectivity index (χ3v) is 6.91. The molecule has 0 radical (unpaired) electrons. The fourth-order valence-corrected chi connectivity index (χ4v) is 4.97. The molecule has 0 unspecified atom stereocenters. The molecule has 0 amide bonds. The van der Waals surface area contributed by atoms with Crippen LogP contribution in [-0.2, 0) is 23.5 Å². The third kappa shape index (κ3) is 4.98. The number of carboxylic acid groups (broad SMARTS) is 1. The van der Waals surface area contributed by atoms with Crippen LogP contribution in [0.5, 0.6) is 11.5 Å². The monoisotopic (exact) mass is 526 g/mol. The number of hydrogen-bond acceptors (Lipinski definition) is 8. The summed E-state index contributed by atoms with van der Waals surface area (Å²) in [5, 5.41) is 25.3. The van der Waals surface area contributed by atoms with Crippen LogP contribution in [0.2, 0.25) is 0 Å². The topological polar surface area (TPSA) is 179 Å². The molecule has 13 heteroatoms. The molecule has 2 aromatic carbocycles. The quantitative estimate of drug-likeness (QED) is 0.295. The van der Waals surface area contributed by atoms with Gasteiger partial charge in [0.2, 0.25) is 0 Å². The summed E-state index contributed by atoms with van der Waals surface area (Å²) in [6, 6.07) is 7.13. The number of aromatic carboxylic acids is 1. The first kappa shape index (κ1) is 25.7. The Kier molecular flexibility index (Phi) is 6.90. The van der Waals surface area contributed by atoms with Crippen molar-refractivity contribution in [3.63, 3.8) is 0 Å². The molecule has 0 spiro atoms. The maximum Gasteiger partial charge on any atom is 0.335 e. The number of sulfonamides is 1. The van der Waals surface area contributed by atoms with Gasteiger partial charge in [0.15, 0.2) is 5.52 Å². The van der Waals surface area contributed by atoms with Crippen LogP contribution in [0, 0.1) is 0 Å². The first-order valence-corrected chi connectivity index (χ1v) is 12.8. The maximum absolute atomic E-state index is 13.2. The van der Waals surface area contributed by atoms with Crippen LogP contribution in [0.4, 0.5) is 5.69 Å². The molecule has 0 saturated carbocycles. The highest BCUT2D eigenvalue weighted by molar-refractivity contribution is 7.92. The predicted octanol–water partition coefficient (Wildman–Crippen LogP) is 2.25. The van der Waals surface area contributed by atoms with Crippen LogP contribution in [0.25, 0.3) is 22.4 Å². The van der Waals surface area contributed by atoms with Gasteiger partial charge in [0, 0.05) is 12.7 Å². The van der Waals surface area contributed by atoms with E-state index in [9.17, 15) is 23.1 Å². The number of aryl methyl sites for hydroxylation is 2. The molecule has 0 aliphatic heterocycles. The number of fused-ring (bicyclic) bond motifs is 1. The molecule has 0 fully saturated rings. The molecule has 12 nitrogen and oxygen atoms in total. The lowest BCUT2D eigenvalue weighted by molar-refractivity contribution is -0.268. The highest BCUT2D eigenvalue weighted by Crippen LogP contribution is 2.32. The number of benzene rings is 2. The van der Waals surface area contributed by atoms with E-state index in [1.54, 1.807) is 14.0 Å². The second-order valence-corrected chi connectivity index (χ2v) is 9.83. The molecule has 2 heterocycles. The van der Waals surface area contributed by atoms with Gasteiger partial charge in [0.25, 0.3) is 15.6 Å². The number of nitrogens with zero attached hydrogens (tertiary/aromatic N) is 3. The van der Waals surface area contributed by atoms with E-state index in [1.807, 2.05) is 6.92 Å². The number of nitrogens with one attached hydrogen (secondary N) is 2. The van der Waals surface area contributed by atoms with Gasteiger partial charge in [0.05, 0.1) is 28.3 Å². The normalized spacial score (nSPS) is 11.5. The second kappa shape index (κ2) is 9.93. The molecular formula is C24H24N5O7S-. The number of carbonyl (C=O) groups is 1. The zero-order valence-corrected chi connectivity index (χ0v) is 21.0. The summed E-state index contributed by atoms with van der Waals surface area (Å²) >= 11 is 0. The van der Waals surface area contributed by atoms with Crippen LogP contribution in [0.3, 0.4) is 0 Å². The van der Waals surface area contributed by atoms with E-state index in [0.29, 0.717) is 28.9 Å². The van der Waals surface area contributed by atoms with Crippen molar-refractivity contribution in [2.45, 2.75) is 31.6 Å². The van der Waals surface area contributed by atoms with Crippen molar-refractivity contribution in [2.75, 3.05) is 11.3 Å². The highest BCUT2D eigenvalue weighted by atomic mass is 32.2. The number of aromatic nitrogens is 4. The number of rotatable bonds is 9. The maximum atomic E-state index is 13.2. The number of hydrogen-bond donors (Lipinski definition) is 3.